The Bertz CT molecular complexity index is 2270. The van der Waals surface area contributed by atoms with Gasteiger partial charge in [0.15, 0.2) is 30.9 Å². The van der Waals surface area contributed by atoms with Gasteiger partial charge in [-0.3, -0.25) is 4.79 Å². The third-order valence-electron chi connectivity index (χ3n) is 19.6. The van der Waals surface area contributed by atoms with Crippen molar-refractivity contribution in [2.24, 2.45) is 16.7 Å². The number of methoxy groups -OCH3 is 4. The van der Waals surface area contributed by atoms with E-state index in [1.165, 1.54) is 13.0 Å². The van der Waals surface area contributed by atoms with Gasteiger partial charge in [-0.25, -0.2) is 4.79 Å². The molecule has 1 aromatic rings. The molecule has 19 heteroatoms. The topological polar surface area (TPSA) is 235 Å². The smallest absolute Gasteiger partial charge is 0.331 e. The summed E-state index contributed by atoms with van der Waals surface area (Å²) in [4.78, 5) is 27.0. The molecule has 24 atom stereocenters. The first-order valence-corrected chi connectivity index (χ1v) is 27.9. The van der Waals surface area contributed by atoms with Gasteiger partial charge < -0.3 is 82.0 Å². The predicted molar refractivity (Wildman–Crippen MR) is 275 cm³/mol. The molecule has 0 amide bonds. The van der Waals surface area contributed by atoms with Crippen molar-refractivity contribution in [2.75, 3.05) is 28.4 Å². The Kier molecular flexibility index (Phi) is 17.7. The second kappa shape index (κ2) is 23.2. The molecule has 77 heavy (non-hydrogen) atoms. The number of aliphatic hydroxyl groups is 4. The number of benzene rings is 1. The van der Waals surface area contributed by atoms with Crippen molar-refractivity contribution in [2.45, 2.75) is 247 Å². The molecule has 0 aromatic heterocycles. The van der Waals surface area contributed by atoms with Crippen molar-refractivity contribution in [3.8, 4) is 0 Å². The van der Waals surface area contributed by atoms with Crippen molar-refractivity contribution in [1.29, 1.82) is 0 Å². The van der Waals surface area contributed by atoms with Crippen LogP contribution in [0.3, 0.4) is 0 Å². The molecule has 1 aromatic carbocycles. The Balaban J connectivity index is 0.809. The fourth-order valence-electron chi connectivity index (χ4n) is 15.0. The summed E-state index contributed by atoms with van der Waals surface area (Å²) >= 11 is 0. The van der Waals surface area contributed by atoms with Crippen LogP contribution in [-0.2, 0) is 71.2 Å². The van der Waals surface area contributed by atoms with Crippen molar-refractivity contribution < 1.29 is 91.6 Å². The quantitative estimate of drug-likeness (QED) is 0.0942. The molecule has 9 rings (SSSR count). The summed E-state index contributed by atoms with van der Waals surface area (Å²) in [6.45, 7) is 12.5. The van der Waals surface area contributed by atoms with Gasteiger partial charge in [0.25, 0.3) is 0 Å². The highest BCUT2D eigenvalue weighted by Crippen LogP contribution is 2.71. The van der Waals surface area contributed by atoms with E-state index in [9.17, 15) is 30.0 Å². The van der Waals surface area contributed by atoms with Gasteiger partial charge in [0.2, 0.25) is 0 Å². The Hall–Kier alpha value is -2.80. The van der Waals surface area contributed by atoms with Crippen LogP contribution in [-0.4, -0.2) is 188 Å². The number of hydrogen-bond acceptors (Lipinski definition) is 19. The van der Waals surface area contributed by atoms with Crippen molar-refractivity contribution in [1.82, 2.24) is 0 Å². The first-order valence-electron chi connectivity index (χ1n) is 27.9. The number of ether oxygens (including phenoxy) is 13. The number of carbonyl (C=O) groups excluding carboxylic acids is 2. The van der Waals surface area contributed by atoms with Gasteiger partial charge in [-0.1, -0.05) is 48.9 Å². The zero-order chi connectivity index (χ0) is 55.4. The highest BCUT2D eigenvalue weighted by molar-refractivity contribution is 5.88. The van der Waals surface area contributed by atoms with E-state index in [0.29, 0.717) is 44.9 Å². The van der Waals surface area contributed by atoms with E-state index < -0.39 is 144 Å². The summed E-state index contributed by atoms with van der Waals surface area (Å²) in [7, 11) is 6.48. The fourth-order valence-corrected chi connectivity index (χ4v) is 15.0. The lowest BCUT2D eigenvalue weighted by Gasteiger charge is -2.67. The minimum atomic E-state index is -2.05. The van der Waals surface area contributed by atoms with Crippen molar-refractivity contribution in [3.05, 3.63) is 53.6 Å². The van der Waals surface area contributed by atoms with E-state index in [2.05, 4.69) is 6.92 Å². The minimum Gasteiger partial charge on any atom is -0.458 e. The van der Waals surface area contributed by atoms with Crippen molar-refractivity contribution >= 4 is 17.8 Å². The summed E-state index contributed by atoms with van der Waals surface area (Å²) in [5.41, 5.74) is -6.24. The first-order chi connectivity index (χ1) is 36.6. The number of aliphatic hydroxyl groups excluding tert-OH is 1. The highest BCUT2D eigenvalue weighted by Gasteiger charge is 2.81. The molecule has 3 saturated carbocycles. The standard InChI is InChI=1S/C58H86O19/c1-31-50(61)39(65-8)26-47(69-31)75-52-33(3)71-49(28-41(52)67-10)77-53-34(4)72-48(29-42(53)68-11)76-51-32(2)70-46(27-40(51)66-9)73-38-20-21-54(6)37(25-38)19-22-57(63)43(54)30-44(74-45(60)18-17-36-15-13-12-14-16-36)55(7)56(62,35(5)59)23-24-58(55,57)64/h12-19,31-34,38-44,46-53,61-64H,20-30H2,1-11H3/b18-17-/t31?,32?,33?,34?,38-,39?,40?,41?,42?,43+,44+,46?,47?,48?,49?,50?,51?,52?,53?,54-,55+,56+,57-,58+/m0/s1. The summed E-state index contributed by atoms with van der Waals surface area (Å²) < 4.78 is 81.6. The van der Waals surface area contributed by atoms with Crippen LogP contribution in [0.2, 0.25) is 0 Å². The lowest BCUT2D eigenvalue weighted by Crippen LogP contribution is -2.78. The fraction of sp³-hybridized carbons (Fsp3) is 0.793. The van der Waals surface area contributed by atoms with Crippen LogP contribution < -0.4 is 0 Å². The van der Waals surface area contributed by atoms with E-state index in [4.69, 9.17) is 61.6 Å². The molecule has 8 aliphatic rings. The van der Waals surface area contributed by atoms with E-state index in [1.54, 1.807) is 48.4 Å². The first kappa shape index (κ1) is 58.8. The maximum Gasteiger partial charge on any atom is 0.331 e. The third-order valence-corrected chi connectivity index (χ3v) is 19.6. The van der Waals surface area contributed by atoms with Gasteiger partial charge >= 0.3 is 5.97 Å². The van der Waals surface area contributed by atoms with Crippen LogP contribution in [0.4, 0.5) is 0 Å². The molecule has 4 saturated heterocycles. The zero-order valence-electron chi connectivity index (χ0n) is 46.8. The molecule has 0 radical (unpaired) electrons. The van der Waals surface area contributed by atoms with Gasteiger partial charge in [0.1, 0.15) is 47.3 Å². The number of ketones is 1. The molecule has 4 aliphatic carbocycles. The second-order valence-corrected chi connectivity index (χ2v) is 23.6. The van der Waals surface area contributed by atoms with Gasteiger partial charge in [-0.05, 0) is 104 Å². The maximum absolute atomic E-state index is 13.6. The van der Waals surface area contributed by atoms with Gasteiger partial charge in [0.05, 0.1) is 60.4 Å². The molecule has 16 unspecified atom stereocenters. The van der Waals surface area contributed by atoms with Gasteiger partial charge in [0, 0.05) is 66.1 Å². The minimum absolute atomic E-state index is 0.0493. The molecular formula is C58H86O19. The van der Waals surface area contributed by atoms with E-state index in [-0.39, 0.29) is 37.9 Å². The number of esters is 1. The molecular weight excluding hydrogens is 1000 g/mol. The Morgan fingerprint density at radius 3 is 1.65 bits per heavy atom. The molecule has 0 spiro atoms. The lowest BCUT2D eigenvalue weighted by molar-refractivity contribution is -0.347. The van der Waals surface area contributed by atoms with E-state index >= 15 is 0 Å². The Labute approximate surface area is 453 Å². The number of fused-ring (bicyclic) bond motifs is 5. The van der Waals surface area contributed by atoms with Crippen LogP contribution in [0.1, 0.15) is 125 Å². The zero-order valence-corrected chi connectivity index (χ0v) is 46.8. The summed E-state index contributed by atoms with van der Waals surface area (Å²) in [6.07, 6.45) is -1.19. The summed E-state index contributed by atoms with van der Waals surface area (Å²) in [6, 6.07) is 9.30. The van der Waals surface area contributed by atoms with Crippen molar-refractivity contribution in [3.63, 3.8) is 0 Å². The molecule has 432 valence electrons. The highest BCUT2D eigenvalue weighted by atomic mass is 16.8. The number of Topliss-reactive ketones (excluding diaryl/α,β-unsaturated/α-hetero) is 1. The van der Waals surface area contributed by atoms with Gasteiger partial charge in [-0.2, -0.15) is 0 Å². The normalized spacial score (nSPS) is 48.1. The molecule has 4 heterocycles. The lowest BCUT2D eigenvalue weighted by atomic mass is 9.42. The van der Waals surface area contributed by atoms with Crippen LogP contribution >= 0.6 is 0 Å². The summed E-state index contributed by atoms with van der Waals surface area (Å²) in [5.74, 6) is -1.80. The molecule has 19 nitrogen and oxygen atoms in total. The third kappa shape index (κ3) is 10.7. The van der Waals surface area contributed by atoms with Crippen LogP contribution in [0.25, 0.3) is 6.08 Å². The average molecular weight is 1090 g/mol. The largest absolute Gasteiger partial charge is 0.458 e. The SMILES string of the molecule is COC1CC(OC2C(C)OC(OC3C(C)OC(OC4C(C)OC(O[C@H]5CC[C@@]6(C)C(=CC[C@]7(O)[C@@H]6C[C@@H](OC(=O)/C=C\c6ccccc6)[C@@]6(C)[C@]7(O)CC[C@@]6(O)C(C)=O)C5)CC4OC)CC3OC)CC2OC)OC(C)C1O. The number of rotatable bonds is 16. The molecule has 0 bridgehead atoms. The molecule has 4 N–H and O–H groups in total. The van der Waals surface area contributed by atoms with Gasteiger partial charge in [-0.15, -0.1) is 0 Å². The number of hydrogen-bond donors (Lipinski definition) is 4. The monoisotopic (exact) mass is 1090 g/mol. The maximum atomic E-state index is 13.6. The van der Waals surface area contributed by atoms with Crippen LogP contribution in [0.5, 0.6) is 0 Å². The van der Waals surface area contributed by atoms with Crippen LogP contribution in [0, 0.1) is 16.7 Å². The number of carbonyl (C=O) groups is 2. The molecule has 7 fully saturated rings. The Morgan fingerprint density at radius 1 is 0.649 bits per heavy atom. The summed E-state index contributed by atoms with van der Waals surface area (Å²) in [5, 5.41) is 48.6. The molecule has 4 aliphatic heterocycles. The Morgan fingerprint density at radius 2 is 1.14 bits per heavy atom. The van der Waals surface area contributed by atoms with E-state index in [0.717, 1.165) is 11.1 Å². The second-order valence-electron chi connectivity index (χ2n) is 23.6. The van der Waals surface area contributed by atoms with Crippen LogP contribution in [0.15, 0.2) is 48.1 Å². The predicted octanol–water partition coefficient (Wildman–Crippen LogP) is 5.24. The average Bonchev–Trinajstić information content (AvgIpc) is 3.95. The van der Waals surface area contributed by atoms with E-state index in [1.807, 2.05) is 57.2 Å².